The van der Waals surface area contributed by atoms with Crippen molar-refractivity contribution in [1.82, 2.24) is 24.7 Å². The van der Waals surface area contributed by atoms with E-state index in [2.05, 4.69) is 55.8 Å². The Kier molecular flexibility index (Phi) is 5.11. The minimum absolute atomic E-state index is 0.633. The molecule has 1 fully saturated rings. The number of aromatic nitrogens is 4. The Morgan fingerprint density at radius 2 is 2.08 bits per heavy atom. The number of likely N-dealkylation sites (tertiary alicyclic amines) is 1. The van der Waals surface area contributed by atoms with Crippen LogP contribution in [-0.2, 0) is 6.54 Å². The van der Waals surface area contributed by atoms with E-state index in [1.807, 2.05) is 13.0 Å². The van der Waals surface area contributed by atoms with Crippen LogP contribution in [0.3, 0.4) is 0 Å². The summed E-state index contributed by atoms with van der Waals surface area (Å²) < 4.78 is 1.74. The summed E-state index contributed by atoms with van der Waals surface area (Å²) in [5.41, 5.74) is 4.17. The summed E-state index contributed by atoms with van der Waals surface area (Å²) in [5, 5.41) is 16.1. The molecule has 0 spiro atoms. The lowest BCUT2D eigenvalue weighted by atomic mass is 9.98. The van der Waals surface area contributed by atoms with Crippen LogP contribution in [0.25, 0.3) is 5.65 Å². The van der Waals surface area contributed by atoms with Gasteiger partial charge >= 0.3 is 0 Å². The molecule has 1 unspecified atom stereocenters. The number of benzene rings is 1. The monoisotopic (exact) mass is 350 g/mol. The molecule has 136 valence electrons. The average Bonchev–Trinajstić information content (AvgIpc) is 3.12. The summed E-state index contributed by atoms with van der Waals surface area (Å²) >= 11 is 0. The van der Waals surface area contributed by atoms with Gasteiger partial charge in [-0.25, -0.2) is 0 Å². The highest BCUT2D eigenvalue weighted by Gasteiger charge is 2.22. The molecule has 3 aromatic rings. The molecule has 0 saturated carbocycles. The number of aryl methyl sites for hydroxylation is 1. The van der Waals surface area contributed by atoms with Crippen LogP contribution in [0.2, 0.25) is 0 Å². The maximum Gasteiger partial charge on any atom is 0.200 e. The van der Waals surface area contributed by atoms with E-state index in [9.17, 15) is 0 Å². The second-order valence-electron chi connectivity index (χ2n) is 7.12. The molecule has 0 aliphatic carbocycles. The number of nitrogens with zero attached hydrogens (tertiary/aromatic N) is 5. The number of fused-ring (bicyclic) bond motifs is 1. The Bertz CT molecular complexity index is 844. The summed E-state index contributed by atoms with van der Waals surface area (Å²) in [7, 11) is 0. The summed E-state index contributed by atoms with van der Waals surface area (Å²) in [6.07, 6.45) is 6.70. The maximum absolute atomic E-state index is 4.40. The predicted octanol–water partition coefficient (Wildman–Crippen LogP) is 3.29. The topological polar surface area (TPSA) is 58.3 Å². The normalized spacial score (nSPS) is 18.3. The lowest BCUT2D eigenvalue weighted by molar-refractivity contribution is 0.135. The molecule has 6 nitrogen and oxygen atoms in total. The molecule has 1 atom stereocenters. The predicted molar refractivity (Wildman–Crippen MR) is 103 cm³/mol. The molecule has 1 aliphatic rings. The molecule has 4 rings (SSSR count). The van der Waals surface area contributed by atoms with E-state index in [1.54, 1.807) is 10.8 Å². The molecule has 0 amide bonds. The van der Waals surface area contributed by atoms with Crippen LogP contribution in [0.15, 0.2) is 42.7 Å². The standard InChI is InChI=1S/C20H26N6/c1-16-13-19(20-23-22-15-26(20)24-16)21-11-10-18-9-5-6-12-25(18)14-17-7-3-2-4-8-17/h2-4,7-8,13,15,18,21H,5-6,9-12,14H2,1H3. The third-order valence-electron chi connectivity index (χ3n) is 5.16. The van der Waals surface area contributed by atoms with Crippen molar-refractivity contribution in [2.24, 2.45) is 0 Å². The third kappa shape index (κ3) is 3.85. The molecule has 1 aliphatic heterocycles. The number of piperidine rings is 1. The van der Waals surface area contributed by atoms with Gasteiger partial charge in [0, 0.05) is 19.1 Å². The second kappa shape index (κ2) is 7.83. The zero-order valence-electron chi connectivity index (χ0n) is 15.3. The van der Waals surface area contributed by atoms with Gasteiger partial charge in [-0.3, -0.25) is 4.90 Å². The molecule has 1 N–H and O–H groups in total. The van der Waals surface area contributed by atoms with Crippen LogP contribution in [0, 0.1) is 6.92 Å². The minimum Gasteiger partial charge on any atom is -0.382 e. The summed E-state index contributed by atoms with van der Waals surface area (Å²) in [6, 6.07) is 13.5. The fraction of sp³-hybridized carbons (Fsp3) is 0.450. The van der Waals surface area contributed by atoms with E-state index in [4.69, 9.17) is 0 Å². The Morgan fingerprint density at radius 3 is 2.96 bits per heavy atom. The first kappa shape index (κ1) is 17.0. The number of rotatable bonds is 6. The number of anilines is 1. The van der Waals surface area contributed by atoms with E-state index < -0.39 is 0 Å². The first-order valence-corrected chi connectivity index (χ1v) is 9.49. The van der Waals surface area contributed by atoms with Crippen LogP contribution in [-0.4, -0.2) is 43.8 Å². The molecule has 0 radical (unpaired) electrons. The third-order valence-corrected chi connectivity index (χ3v) is 5.16. The SMILES string of the molecule is Cc1cc(NCCC2CCCCN2Cc2ccccc2)c2nncn2n1. The Hall–Kier alpha value is -2.47. The van der Waals surface area contributed by atoms with Gasteiger partial charge < -0.3 is 5.32 Å². The lowest BCUT2D eigenvalue weighted by Gasteiger charge is -2.36. The first-order chi connectivity index (χ1) is 12.8. The zero-order chi connectivity index (χ0) is 17.8. The number of hydrogen-bond acceptors (Lipinski definition) is 5. The van der Waals surface area contributed by atoms with E-state index in [0.29, 0.717) is 6.04 Å². The molecular weight excluding hydrogens is 324 g/mol. The minimum atomic E-state index is 0.633. The Balaban J connectivity index is 1.38. The molecule has 2 aromatic heterocycles. The van der Waals surface area contributed by atoms with Crippen LogP contribution in [0.5, 0.6) is 0 Å². The van der Waals surface area contributed by atoms with Crippen LogP contribution < -0.4 is 5.32 Å². The van der Waals surface area contributed by atoms with Crippen molar-refractivity contribution in [2.45, 2.75) is 45.2 Å². The van der Waals surface area contributed by atoms with Gasteiger partial charge in [0.25, 0.3) is 0 Å². The second-order valence-corrected chi connectivity index (χ2v) is 7.12. The highest BCUT2D eigenvalue weighted by Crippen LogP contribution is 2.22. The average molecular weight is 350 g/mol. The molecule has 26 heavy (non-hydrogen) atoms. The molecule has 1 aromatic carbocycles. The summed E-state index contributed by atoms with van der Waals surface area (Å²) in [5.74, 6) is 0. The maximum atomic E-state index is 4.40. The number of nitrogens with one attached hydrogen (secondary N) is 1. The van der Waals surface area contributed by atoms with Gasteiger partial charge in [-0.2, -0.15) is 9.61 Å². The molecule has 1 saturated heterocycles. The zero-order valence-corrected chi connectivity index (χ0v) is 15.3. The van der Waals surface area contributed by atoms with E-state index >= 15 is 0 Å². The summed E-state index contributed by atoms with van der Waals surface area (Å²) in [6.45, 7) is 5.17. The smallest absolute Gasteiger partial charge is 0.200 e. The van der Waals surface area contributed by atoms with Gasteiger partial charge in [0.1, 0.15) is 6.33 Å². The van der Waals surface area contributed by atoms with Crippen LogP contribution in [0.1, 0.15) is 36.9 Å². The van der Waals surface area contributed by atoms with E-state index in [0.717, 1.165) is 36.5 Å². The van der Waals surface area contributed by atoms with Gasteiger partial charge in [-0.1, -0.05) is 36.8 Å². The van der Waals surface area contributed by atoms with Crippen molar-refractivity contribution < 1.29 is 0 Å². The van der Waals surface area contributed by atoms with Crippen LogP contribution >= 0.6 is 0 Å². The van der Waals surface area contributed by atoms with Gasteiger partial charge in [0.2, 0.25) is 5.65 Å². The Labute approximate surface area is 154 Å². The summed E-state index contributed by atoms with van der Waals surface area (Å²) in [4.78, 5) is 2.64. The quantitative estimate of drug-likeness (QED) is 0.739. The van der Waals surface area contributed by atoms with Gasteiger partial charge in [0.15, 0.2) is 0 Å². The van der Waals surface area contributed by atoms with Crippen molar-refractivity contribution in [3.8, 4) is 0 Å². The molecule has 6 heteroatoms. The highest BCUT2D eigenvalue weighted by atomic mass is 15.3. The van der Waals surface area contributed by atoms with E-state index in [-0.39, 0.29) is 0 Å². The molecular formula is C20H26N6. The largest absolute Gasteiger partial charge is 0.382 e. The fourth-order valence-electron chi connectivity index (χ4n) is 3.87. The van der Waals surface area contributed by atoms with Crippen molar-refractivity contribution in [3.63, 3.8) is 0 Å². The van der Waals surface area contributed by atoms with Gasteiger partial charge in [-0.15, -0.1) is 10.2 Å². The number of hydrogen-bond donors (Lipinski definition) is 1. The van der Waals surface area contributed by atoms with Crippen molar-refractivity contribution in [2.75, 3.05) is 18.4 Å². The van der Waals surface area contributed by atoms with E-state index in [1.165, 1.54) is 31.4 Å². The molecule has 3 heterocycles. The van der Waals surface area contributed by atoms with Gasteiger partial charge in [-0.05, 0) is 44.4 Å². The highest BCUT2D eigenvalue weighted by molar-refractivity contribution is 5.66. The lowest BCUT2D eigenvalue weighted by Crippen LogP contribution is -2.40. The first-order valence-electron chi connectivity index (χ1n) is 9.49. The van der Waals surface area contributed by atoms with Crippen LogP contribution in [0.4, 0.5) is 5.69 Å². The van der Waals surface area contributed by atoms with Gasteiger partial charge in [0.05, 0.1) is 11.4 Å². The van der Waals surface area contributed by atoms with Crippen molar-refractivity contribution >= 4 is 11.3 Å². The molecule has 0 bridgehead atoms. The fourth-order valence-corrected chi connectivity index (χ4v) is 3.87. The van der Waals surface area contributed by atoms with Crippen molar-refractivity contribution in [1.29, 1.82) is 0 Å². The Morgan fingerprint density at radius 1 is 1.19 bits per heavy atom. The van der Waals surface area contributed by atoms with Crippen molar-refractivity contribution in [3.05, 3.63) is 54.0 Å².